The molecule has 1 aromatic rings. The molecule has 0 bridgehead atoms. The molecule has 1 fully saturated rings. The molecule has 0 aromatic carbocycles. The van der Waals surface area contributed by atoms with Crippen LogP contribution < -0.4 is 5.73 Å². The largest absolute Gasteiger partial charge is 0.378 e. The van der Waals surface area contributed by atoms with Gasteiger partial charge >= 0.3 is 5.69 Å². The standard InChI is InChI=1S/C11H18N4O2/c1-6(2)8-4-9(5-8)14-11(12)10(15(16)17)7(3)13-14/h6,8-9H,4-5,12H2,1-3H3. The van der Waals surface area contributed by atoms with E-state index in [-0.39, 0.29) is 17.5 Å². The molecule has 1 aliphatic carbocycles. The lowest BCUT2D eigenvalue weighted by atomic mass is 9.74. The fraction of sp³-hybridized carbons (Fsp3) is 0.727. The number of nitrogens with two attached hydrogens (primary N) is 1. The second-order valence-electron chi connectivity index (χ2n) is 5.15. The number of nitro groups is 1. The third kappa shape index (κ3) is 1.87. The van der Waals surface area contributed by atoms with Gasteiger partial charge in [0.05, 0.1) is 11.0 Å². The average molecular weight is 238 g/mol. The molecule has 0 spiro atoms. The molecule has 6 heteroatoms. The van der Waals surface area contributed by atoms with Crippen LogP contribution in [-0.4, -0.2) is 14.7 Å². The van der Waals surface area contributed by atoms with Crippen LogP contribution in [0.1, 0.15) is 38.4 Å². The quantitative estimate of drug-likeness (QED) is 0.646. The SMILES string of the molecule is Cc1nn(C2CC(C(C)C)C2)c(N)c1[N+](=O)[O-]. The topological polar surface area (TPSA) is 87.0 Å². The van der Waals surface area contributed by atoms with Gasteiger partial charge in [0.2, 0.25) is 5.82 Å². The van der Waals surface area contributed by atoms with Crippen LogP contribution in [0.2, 0.25) is 0 Å². The summed E-state index contributed by atoms with van der Waals surface area (Å²) in [4.78, 5) is 10.4. The predicted molar refractivity (Wildman–Crippen MR) is 64.6 cm³/mol. The zero-order chi connectivity index (χ0) is 12.7. The van der Waals surface area contributed by atoms with Crippen molar-refractivity contribution in [1.29, 1.82) is 0 Å². The molecule has 0 radical (unpaired) electrons. The van der Waals surface area contributed by atoms with Gasteiger partial charge in [0.25, 0.3) is 0 Å². The normalized spacial score (nSPS) is 23.8. The van der Waals surface area contributed by atoms with Crippen LogP contribution in [0.3, 0.4) is 0 Å². The van der Waals surface area contributed by atoms with Crippen molar-refractivity contribution >= 4 is 11.5 Å². The van der Waals surface area contributed by atoms with Crippen molar-refractivity contribution in [1.82, 2.24) is 9.78 Å². The Hall–Kier alpha value is -1.59. The fourth-order valence-electron chi connectivity index (χ4n) is 2.43. The maximum atomic E-state index is 10.8. The molecule has 17 heavy (non-hydrogen) atoms. The molecule has 0 unspecified atom stereocenters. The van der Waals surface area contributed by atoms with Crippen molar-refractivity contribution in [2.75, 3.05) is 5.73 Å². The van der Waals surface area contributed by atoms with E-state index in [1.807, 2.05) is 0 Å². The fourth-order valence-corrected chi connectivity index (χ4v) is 2.43. The van der Waals surface area contributed by atoms with Crippen molar-refractivity contribution in [3.05, 3.63) is 15.8 Å². The highest BCUT2D eigenvalue weighted by molar-refractivity contribution is 5.56. The smallest absolute Gasteiger partial charge is 0.333 e. The summed E-state index contributed by atoms with van der Waals surface area (Å²) in [5.74, 6) is 1.53. The average Bonchev–Trinajstić information content (AvgIpc) is 2.38. The molecule has 2 rings (SSSR count). The molecule has 0 atom stereocenters. The Bertz CT molecular complexity index is 447. The summed E-state index contributed by atoms with van der Waals surface area (Å²) in [7, 11) is 0. The monoisotopic (exact) mass is 238 g/mol. The van der Waals surface area contributed by atoms with Gasteiger partial charge in [-0.05, 0) is 31.6 Å². The van der Waals surface area contributed by atoms with Crippen molar-refractivity contribution in [3.8, 4) is 0 Å². The van der Waals surface area contributed by atoms with E-state index in [0.29, 0.717) is 17.5 Å². The first-order chi connectivity index (χ1) is 7.91. The molecule has 1 saturated carbocycles. The summed E-state index contributed by atoms with van der Waals surface area (Å²) in [5, 5.41) is 15.0. The van der Waals surface area contributed by atoms with Crippen molar-refractivity contribution in [2.24, 2.45) is 11.8 Å². The summed E-state index contributed by atoms with van der Waals surface area (Å²) in [6.07, 6.45) is 2.03. The third-order valence-corrected chi connectivity index (χ3v) is 3.71. The van der Waals surface area contributed by atoms with Gasteiger partial charge in [-0.3, -0.25) is 10.1 Å². The van der Waals surface area contributed by atoms with Crippen molar-refractivity contribution in [2.45, 2.75) is 39.7 Å². The molecule has 1 heterocycles. The molecule has 0 saturated heterocycles. The summed E-state index contributed by atoms with van der Waals surface area (Å²) in [6, 6.07) is 0.231. The Balaban J connectivity index is 2.19. The summed E-state index contributed by atoms with van der Waals surface area (Å²) in [6.45, 7) is 6.02. The first-order valence-electron chi connectivity index (χ1n) is 5.90. The highest BCUT2D eigenvalue weighted by Crippen LogP contribution is 2.44. The van der Waals surface area contributed by atoms with E-state index >= 15 is 0 Å². The Morgan fingerprint density at radius 1 is 1.53 bits per heavy atom. The summed E-state index contributed by atoms with van der Waals surface area (Å²) in [5.41, 5.74) is 6.16. The number of rotatable bonds is 3. The van der Waals surface area contributed by atoms with E-state index in [9.17, 15) is 10.1 Å². The second-order valence-corrected chi connectivity index (χ2v) is 5.15. The van der Waals surface area contributed by atoms with Gasteiger partial charge in [-0.1, -0.05) is 13.8 Å². The van der Waals surface area contributed by atoms with Gasteiger partial charge in [-0.15, -0.1) is 0 Å². The van der Waals surface area contributed by atoms with Crippen LogP contribution in [0.15, 0.2) is 0 Å². The van der Waals surface area contributed by atoms with E-state index < -0.39 is 4.92 Å². The van der Waals surface area contributed by atoms with E-state index in [1.165, 1.54) is 0 Å². The van der Waals surface area contributed by atoms with Crippen LogP contribution in [0.5, 0.6) is 0 Å². The van der Waals surface area contributed by atoms with Gasteiger partial charge in [0.15, 0.2) is 0 Å². The van der Waals surface area contributed by atoms with Crippen molar-refractivity contribution in [3.63, 3.8) is 0 Å². The van der Waals surface area contributed by atoms with Gasteiger partial charge in [0, 0.05) is 0 Å². The summed E-state index contributed by atoms with van der Waals surface area (Å²) >= 11 is 0. The lowest BCUT2D eigenvalue weighted by molar-refractivity contribution is -0.384. The molecule has 0 aliphatic heterocycles. The Morgan fingerprint density at radius 2 is 2.12 bits per heavy atom. The van der Waals surface area contributed by atoms with E-state index in [0.717, 1.165) is 12.8 Å². The van der Waals surface area contributed by atoms with Crippen LogP contribution in [-0.2, 0) is 0 Å². The molecule has 6 nitrogen and oxygen atoms in total. The molecule has 1 aliphatic rings. The minimum Gasteiger partial charge on any atom is -0.378 e. The van der Waals surface area contributed by atoms with Crippen LogP contribution >= 0.6 is 0 Å². The minimum atomic E-state index is -0.452. The summed E-state index contributed by atoms with van der Waals surface area (Å²) < 4.78 is 1.63. The number of aromatic nitrogens is 2. The predicted octanol–water partition coefficient (Wildman–Crippen LogP) is 2.29. The van der Waals surface area contributed by atoms with Gasteiger partial charge in [-0.25, -0.2) is 4.68 Å². The van der Waals surface area contributed by atoms with Gasteiger partial charge < -0.3 is 5.73 Å². The maximum absolute atomic E-state index is 10.8. The van der Waals surface area contributed by atoms with Gasteiger partial charge in [-0.2, -0.15) is 5.10 Å². The van der Waals surface area contributed by atoms with E-state index in [1.54, 1.807) is 11.6 Å². The number of anilines is 1. The first-order valence-corrected chi connectivity index (χ1v) is 5.90. The zero-order valence-corrected chi connectivity index (χ0v) is 10.4. The molecule has 2 N–H and O–H groups in total. The molecular formula is C11H18N4O2. The molecular weight excluding hydrogens is 220 g/mol. The minimum absolute atomic E-state index is 0.0435. The van der Waals surface area contributed by atoms with E-state index in [4.69, 9.17) is 5.73 Å². The third-order valence-electron chi connectivity index (χ3n) is 3.71. The number of nitrogen functional groups attached to an aromatic ring is 1. The number of hydrogen-bond donors (Lipinski definition) is 1. The second kappa shape index (κ2) is 4.01. The first kappa shape index (κ1) is 11.9. The number of nitrogens with zero attached hydrogens (tertiary/aromatic N) is 3. The Kier molecular flexibility index (Phi) is 2.81. The zero-order valence-electron chi connectivity index (χ0n) is 10.4. The molecule has 1 aromatic heterocycles. The van der Waals surface area contributed by atoms with Crippen LogP contribution in [0, 0.1) is 28.9 Å². The highest BCUT2D eigenvalue weighted by Gasteiger charge is 2.36. The molecule has 94 valence electrons. The number of hydrogen-bond acceptors (Lipinski definition) is 4. The number of aryl methyl sites for hydroxylation is 1. The van der Waals surface area contributed by atoms with E-state index in [2.05, 4.69) is 18.9 Å². The van der Waals surface area contributed by atoms with Crippen LogP contribution in [0.4, 0.5) is 11.5 Å². The highest BCUT2D eigenvalue weighted by atomic mass is 16.6. The maximum Gasteiger partial charge on any atom is 0.333 e. The Morgan fingerprint density at radius 3 is 2.53 bits per heavy atom. The lowest BCUT2D eigenvalue weighted by Gasteiger charge is -2.38. The van der Waals surface area contributed by atoms with Gasteiger partial charge in [0.1, 0.15) is 5.69 Å². The van der Waals surface area contributed by atoms with Crippen LogP contribution in [0.25, 0.3) is 0 Å². The van der Waals surface area contributed by atoms with Crippen molar-refractivity contribution < 1.29 is 4.92 Å². The molecule has 0 amide bonds. The lowest BCUT2D eigenvalue weighted by Crippen LogP contribution is -2.31. The Labute approximate surface area is 99.9 Å².